The Kier molecular flexibility index (Phi) is 7.64. The maximum Gasteiger partial charge on any atom is 0.270 e. The van der Waals surface area contributed by atoms with Gasteiger partial charge in [0.1, 0.15) is 0 Å². The Hall–Kier alpha value is -4.50. The number of H-pyrrole nitrogens is 1. The Bertz CT molecular complexity index is 1440. The van der Waals surface area contributed by atoms with E-state index in [0.717, 1.165) is 24.3 Å². The van der Waals surface area contributed by atoms with Gasteiger partial charge in [0.2, 0.25) is 5.91 Å². The smallest absolute Gasteiger partial charge is 0.270 e. The lowest BCUT2D eigenvalue weighted by Gasteiger charge is -2.23. The summed E-state index contributed by atoms with van der Waals surface area (Å²) in [6.07, 6.45) is 0. The normalized spacial score (nSPS) is 11.7. The summed E-state index contributed by atoms with van der Waals surface area (Å²) in [5.41, 5.74) is 3.39. The summed E-state index contributed by atoms with van der Waals surface area (Å²) in [6, 6.07) is 20.9. The van der Waals surface area contributed by atoms with Crippen molar-refractivity contribution in [2.45, 2.75) is 13.8 Å². The fraction of sp³-hybridized carbons (Fsp3) is 0.214. The first-order valence-corrected chi connectivity index (χ1v) is 12.0. The van der Waals surface area contributed by atoms with Crippen molar-refractivity contribution < 1.29 is 14.8 Å². The molecule has 0 atom stereocenters. The minimum Gasteiger partial charge on any atom is -0.494 e. The molecule has 9 nitrogen and oxygen atoms in total. The van der Waals surface area contributed by atoms with Gasteiger partial charge >= 0.3 is 0 Å². The lowest BCUT2D eigenvalue weighted by atomic mass is 10.0. The molecule has 1 amide bonds. The van der Waals surface area contributed by atoms with E-state index in [9.17, 15) is 20.0 Å². The monoisotopic (exact) mass is 499 g/mol. The lowest BCUT2D eigenvalue weighted by molar-refractivity contribution is -0.384. The van der Waals surface area contributed by atoms with Crippen molar-refractivity contribution in [3.63, 3.8) is 0 Å². The quantitative estimate of drug-likeness (QED) is 0.185. The van der Waals surface area contributed by atoms with E-state index in [1.165, 1.54) is 12.1 Å². The third-order valence-electron chi connectivity index (χ3n) is 6.36. The molecule has 0 spiro atoms. The molecule has 3 aromatic carbocycles. The zero-order chi connectivity index (χ0) is 26.5. The fourth-order valence-corrected chi connectivity index (χ4v) is 4.15. The van der Waals surface area contributed by atoms with Crippen molar-refractivity contribution in [1.29, 1.82) is 0 Å². The van der Waals surface area contributed by atoms with Crippen LogP contribution in [0.3, 0.4) is 0 Å². The number of hydrogen-bond acceptors (Lipinski definition) is 6. The molecule has 1 aromatic heterocycles. The maximum absolute atomic E-state index is 12.7. The number of aliphatic imine (C=N–C) groups is 1. The summed E-state index contributed by atoms with van der Waals surface area (Å²) in [6.45, 7) is 5.99. The first-order valence-electron chi connectivity index (χ1n) is 12.0. The maximum atomic E-state index is 12.7. The number of nitro benzene ring substituents is 1. The summed E-state index contributed by atoms with van der Waals surface area (Å²) >= 11 is 0. The molecule has 1 heterocycles. The summed E-state index contributed by atoms with van der Waals surface area (Å²) in [5, 5.41) is 22.7. The molecule has 4 rings (SSSR count). The number of nitrogens with one attached hydrogen (secondary N) is 1. The van der Waals surface area contributed by atoms with Crippen LogP contribution in [0.1, 0.15) is 25.0 Å². The summed E-state index contributed by atoms with van der Waals surface area (Å²) in [7, 11) is 1.75. The van der Waals surface area contributed by atoms with Crippen molar-refractivity contribution >= 4 is 39.6 Å². The highest BCUT2D eigenvalue weighted by molar-refractivity contribution is 6.22. The molecule has 0 aliphatic carbocycles. The second-order valence-electron chi connectivity index (χ2n) is 8.59. The Morgan fingerprint density at radius 2 is 1.70 bits per heavy atom. The van der Waals surface area contributed by atoms with Crippen molar-refractivity contribution in [3.05, 3.63) is 94.0 Å². The van der Waals surface area contributed by atoms with Crippen LogP contribution in [-0.2, 0) is 4.79 Å². The number of nitro groups is 1. The fourth-order valence-electron chi connectivity index (χ4n) is 4.15. The van der Waals surface area contributed by atoms with Crippen molar-refractivity contribution in [2.24, 2.45) is 4.99 Å². The first-order chi connectivity index (χ1) is 17.8. The van der Waals surface area contributed by atoms with E-state index >= 15 is 0 Å². The molecule has 0 saturated carbocycles. The van der Waals surface area contributed by atoms with Gasteiger partial charge in [-0.1, -0.05) is 44.2 Å². The number of anilines is 1. The van der Waals surface area contributed by atoms with Crippen LogP contribution in [0.25, 0.3) is 10.9 Å². The number of hydrogen-bond donors (Lipinski definition) is 2. The number of nitrogens with zero attached hydrogens (tertiary/aromatic N) is 4. The lowest BCUT2D eigenvalue weighted by Crippen LogP contribution is -2.38. The van der Waals surface area contributed by atoms with E-state index in [1.54, 1.807) is 30.1 Å². The number of carbonyl (C=O) groups excluding carboxylic acids is 1. The third kappa shape index (κ3) is 5.52. The Labute approximate surface area is 214 Å². The van der Waals surface area contributed by atoms with Crippen molar-refractivity contribution in [1.82, 2.24) is 9.88 Å². The third-order valence-corrected chi connectivity index (χ3v) is 6.36. The van der Waals surface area contributed by atoms with Crippen LogP contribution in [0, 0.1) is 10.1 Å². The number of fused-ring (bicyclic) bond motifs is 1. The number of benzene rings is 3. The molecule has 4 aromatic rings. The summed E-state index contributed by atoms with van der Waals surface area (Å²) in [4.78, 5) is 35.0. The molecule has 0 aliphatic rings. The number of amides is 1. The highest BCUT2D eigenvalue weighted by atomic mass is 16.6. The van der Waals surface area contributed by atoms with E-state index in [0.29, 0.717) is 34.4 Å². The Morgan fingerprint density at radius 3 is 2.32 bits per heavy atom. The minimum atomic E-state index is -0.469. The van der Waals surface area contributed by atoms with Gasteiger partial charge < -0.3 is 15.0 Å². The van der Waals surface area contributed by atoms with E-state index in [-0.39, 0.29) is 17.5 Å². The predicted molar refractivity (Wildman–Crippen MR) is 146 cm³/mol. The average molecular weight is 500 g/mol. The van der Waals surface area contributed by atoms with Crippen LogP contribution in [0.5, 0.6) is 5.88 Å². The standard InChI is InChI=1S/C28H29N5O4/c1-4-32(5-2)18-25(34)31(3)21-13-11-20(12-14-21)29-27(19-9-7-6-8-10-19)26-23-17-22(33(36)37)15-16-24(23)30-28(26)35/h6-17,30,35H,4-5,18H2,1-3H3. The first kappa shape index (κ1) is 25.6. The summed E-state index contributed by atoms with van der Waals surface area (Å²) < 4.78 is 0. The number of likely N-dealkylation sites (N-methyl/N-ethyl adjacent to an activating group) is 2. The number of aromatic hydroxyl groups is 1. The zero-order valence-corrected chi connectivity index (χ0v) is 21.0. The molecular formula is C28H29N5O4. The van der Waals surface area contributed by atoms with Gasteiger partial charge in [-0.2, -0.15) is 0 Å². The zero-order valence-electron chi connectivity index (χ0n) is 21.0. The molecular weight excluding hydrogens is 470 g/mol. The molecule has 9 heteroatoms. The van der Waals surface area contributed by atoms with E-state index in [1.807, 2.05) is 56.3 Å². The van der Waals surface area contributed by atoms with E-state index in [2.05, 4.69) is 9.88 Å². The van der Waals surface area contributed by atoms with Crippen LogP contribution in [-0.4, -0.2) is 58.2 Å². The molecule has 37 heavy (non-hydrogen) atoms. The van der Waals surface area contributed by atoms with Crippen molar-refractivity contribution in [3.8, 4) is 5.88 Å². The number of aromatic nitrogens is 1. The van der Waals surface area contributed by atoms with Crippen LogP contribution >= 0.6 is 0 Å². The van der Waals surface area contributed by atoms with E-state index in [4.69, 9.17) is 4.99 Å². The van der Waals surface area contributed by atoms with Crippen LogP contribution in [0.2, 0.25) is 0 Å². The molecule has 0 unspecified atom stereocenters. The number of aromatic amines is 1. The molecule has 0 aliphatic heterocycles. The van der Waals surface area contributed by atoms with Crippen LogP contribution in [0.4, 0.5) is 17.1 Å². The van der Waals surface area contributed by atoms with Gasteiger partial charge in [-0.25, -0.2) is 4.99 Å². The van der Waals surface area contributed by atoms with Crippen LogP contribution in [0.15, 0.2) is 77.8 Å². The molecule has 0 saturated heterocycles. The molecule has 2 N–H and O–H groups in total. The molecule has 190 valence electrons. The summed E-state index contributed by atoms with van der Waals surface area (Å²) in [5.74, 6) is -0.133. The Morgan fingerprint density at radius 1 is 1.03 bits per heavy atom. The topological polar surface area (TPSA) is 115 Å². The number of carbonyl (C=O) groups is 1. The Balaban J connectivity index is 1.75. The van der Waals surface area contributed by atoms with Crippen LogP contribution < -0.4 is 4.90 Å². The van der Waals surface area contributed by atoms with Gasteiger partial charge in [0.25, 0.3) is 5.69 Å². The minimum absolute atomic E-state index is 0.00441. The highest BCUT2D eigenvalue weighted by Gasteiger charge is 2.21. The molecule has 0 bridgehead atoms. The molecule has 0 fully saturated rings. The SMILES string of the molecule is CCN(CC)CC(=O)N(C)c1ccc(N=C(c2ccccc2)c2c(O)[nH]c3ccc([N+](=O)[O-])cc23)cc1. The largest absolute Gasteiger partial charge is 0.494 e. The predicted octanol–water partition coefficient (Wildman–Crippen LogP) is 5.26. The second-order valence-corrected chi connectivity index (χ2v) is 8.59. The van der Waals surface area contributed by atoms with Crippen molar-refractivity contribution in [2.75, 3.05) is 31.6 Å². The molecule has 0 radical (unpaired) electrons. The van der Waals surface area contributed by atoms with Gasteiger partial charge in [-0.3, -0.25) is 19.8 Å². The van der Waals surface area contributed by atoms with Gasteiger partial charge in [-0.05, 0) is 43.4 Å². The van der Waals surface area contributed by atoms with Gasteiger partial charge in [0, 0.05) is 41.3 Å². The highest BCUT2D eigenvalue weighted by Crippen LogP contribution is 2.33. The van der Waals surface area contributed by atoms with E-state index < -0.39 is 4.92 Å². The second kappa shape index (κ2) is 11.0. The van der Waals surface area contributed by atoms with Gasteiger partial charge in [-0.15, -0.1) is 0 Å². The van der Waals surface area contributed by atoms with Gasteiger partial charge in [0.05, 0.1) is 28.4 Å². The van der Waals surface area contributed by atoms with Gasteiger partial charge in [0.15, 0.2) is 5.88 Å². The average Bonchev–Trinajstić information content (AvgIpc) is 3.25. The number of rotatable bonds is 9. The number of non-ortho nitro benzene ring substituents is 1.